The van der Waals surface area contributed by atoms with Gasteiger partial charge in [0.05, 0.1) is 12.5 Å². The molecule has 0 heterocycles. The number of methoxy groups -OCH3 is 1. The van der Waals surface area contributed by atoms with E-state index in [1.165, 1.54) is 19.2 Å². The minimum absolute atomic E-state index is 0.144. The van der Waals surface area contributed by atoms with Crippen LogP contribution in [0, 0.1) is 11.2 Å². The fraction of sp³-hybridized carbons (Fsp3) is 0.462. The van der Waals surface area contributed by atoms with Crippen molar-refractivity contribution in [3.63, 3.8) is 0 Å². The number of carbonyl (C=O) groups is 1. The number of rotatable bonds is 5. The molecule has 0 fully saturated rings. The van der Waals surface area contributed by atoms with Crippen molar-refractivity contribution in [1.29, 1.82) is 0 Å². The van der Waals surface area contributed by atoms with Gasteiger partial charge in [0.1, 0.15) is 0 Å². The zero-order valence-corrected chi connectivity index (χ0v) is 10.9. The van der Waals surface area contributed by atoms with E-state index in [4.69, 9.17) is 10.5 Å². The fourth-order valence-corrected chi connectivity index (χ4v) is 1.42. The number of halogens is 1. The highest BCUT2D eigenvalue weighted by Gasteiger charge is 2.29. The Bertz CT molecular complexity index is 431. The number of nitrogens with two attached hydrogens (primary N) is 1. The number of hydrogen-bond donors (Lipinski definition) is 2. The van der Waals surface area contributed by atoms with E-state index in [0.717, 1.165) is 0 Å². The van der Waals surface area contributed by atoms with E-state index in [2.05, 4.69) is 5.32 Å². The number of nitrogens with one attached hydrogen (secondary N) is 1. The molecule has 1 amide bonds. The molecule has 0 aliphatic heterocycles. The molecule has 4 nitrogen and oxygen atoms in total. The summed E-state index contributed by atoms with van der Waals surface area (Å²) in [6.45, 7) is 3.91. The van der Waals surface area contributed by atoms with Gasteiger partial charge < -0.3 is 15.8 Å². The lowest BCUT2D eigenvalue weighted by molar-refractivity contribution is -0.124. The minimum Gasteiger partial charge on any atom is -0.494 e. The third-order valence-corrected chi connectivity index (χ3v) is 3.19. The van der Waals surface area contributed by atoms with Crippen LogP contribution in [0.1, 0.15) is 20.3 Å². The average Bonchev–Trinajstić information content (AvgIpc) is 2.38. The highest BCUT2D eigenvalue weighted by atomic mass is 19.1. The van der Waals surface area contributed by atoms with Crippen molar-refractivity contribution in [2.45, 2.75) is 20.3 Å². The highest BCUT2D eigenvalue weighted by molar-refractivity contribution is 5.95. The lowest BCUT2D eigenvalue weighted by atomic mass is 9.86. The molecule has 18 heavy (non-hydrogen) atoms. The molecule has 0 aliphatic rings. The molecule has 1 aromatic rings. The topological polar surface area (TPSA) is 64.4 Å². The second-order valence-electron chi connectivity index (χ2n) is 4.42. The molecule has 100 valence electrons. The van der Waals surface area contributed by atoms with Gasteiger partial charge in [-0.3, -0.25) is 4.79 Å². The largest absolute Gasteiger partial charge is 0.494 e. The second-order valence-corrected chi connectivity index (χ2v) is 4.42. The summed E-state index contributed by atoms with van der Waals surface area (Å²) >= 11 is 0. The molecule has 1 atom stereocenters. The van der Waals surface area contributed by atoms with Gasteiger partial charge in [-0.05, 0) is 25.5 Å². The lowest BCUT2D eigenvalue weighted by Gasteiger charge is -2.25. The van der Waals surface area contributed by atoms with E-state index in [1.54, 1.807) is 13.0 Å². The van der Waals surface area contributed by atoms with Crippen LogP contribution in [0.3, 0.4) is 0 Å². The highest BCUT2D eigenvalue weighted by Crippen LogP contribution is 2.24. The lowest BCUT2D eigenvalue weighted by Crippen LogP contribution is -2.39. The van der Waals surface area contributed by atoms with Crippen molar-refractivity contribution in [2.24, 2.45) is 11.1 Å². The zero-order valence-electron chi connectivity index (χ0n) is 10.9. The quantitative estimate of drug-likeness (QED) is 0.846. The van der Waals surface area contributed by atoms with Crippen molar-refractivity contribution < 1.29 is 13.9 Å². The molecular formula is C13H19FN2O2. The predicted molar refractivity (Wildman–Crippen MR) is 69.0 cm³/mol. The normalized spacial score (nSPS) is 13.8. The molecule has 0 bridgehead atoms. The van der Waals surface area contributed by atoms with Gasteiger partial charge in [0.15, 0.2) is 11.6 Å². The molecule has 5 heteroatoms. The Morgan fingerprint density at radius 2 is 2.22 bits per heavy atom. The Balaban J connectivity index is 2.85. The molecule has 0 radical (unpaired) electrons. The summed E-state index contributed by atoms with van der Waals surface area (Å²) in [5.74, 6) is -0.580. The molecule has 0 saturated heterocycles. The van der Waals surface area contributed by atoms with Crippen LogP contribution in [0.2, 0.25) is 0 Å². The van der Waals surface area contributed by atoms with Crippen molar-refractivity contribution in [3.8, 4) is 5.75 Å². The summed E-state index contributed by atoms with van der Waals surface area (Å²) in [7, 11) is 1.39. The predicted octanol–water partition coefficient (Wildman–Crippen LogP) is 2.15. The number of ether oxygens (including phenoxy) is 1. The SMILES string of the molecule is CCC(C)(CN)C(=O)Nc1ccc(OC)c(F)c1. The van der Waals surface area contributed by atoms with Gasteiger partial charge in [0.25, 0.3) is 0 Å². The first-order valence-electron chi connectivity index (χ1n) is 5.82. The Hall–Kier alpha value is -1.62. The van der Waals surface area contributed by atoms with Gasteiger partial charge >= 0.3 is 0 Å². The number of carbonyl (C=O) groups excluding carboxylic acids is 1. The van der Waals surface area contributed by atoms with Gasteiger partial charge in [-0.15, -0.1) is 0 Å². The van der Waals surface area contributed by atoms with Crippen LogP contribution in [0.4, 0.5) is 10.1 Å². The van der Waals surface area contributed by atoms with Gasteiger partial charge in [0.2, 0.25) is 5.91 Å². The summed E-state index contributed by atoms with van der Waals surface area (Å²) < 4.78 is 18.3. The van der Waals surface area contributed by atoms with Gasteiger partial charge in [-0.2, -0.15) is 0 Å². The summed E-state index contributed by atoms with van der Waals surface area (Å²) in [6.07, 6.45) is 0.619. The van der Waals surface area contributed by atoms with Gasteiger partial charge in [-0.25, -0.2) is 4.39 Å². The maximum Gasteiger partial charge on any atom is 0.231 e. The minimum atomic E-state index is -0.642. The van der Waals surface area contributed by atoms with Crippen LogP contribution in [0.5, 0.6) is 5.75 Å². The summed E-state index contributed by atoms with van der Waals surface area (Å²) in [6, 6.07) is 4.28. The summed E-state index contributed by atoms with van der Waals surface area (Å²) in [4.78, 5) is 12.0. The summed E-state index contributed by atoms with van der Waals surface area (Å²) in [5.41, 5.74) is 5.35. The molecule has 0 saturated carbocycles. The molecule has 1 rings (SSSR count). The Labute approximate surface area is 106 Å². The van der Waals surface area contributed by atoms with Crippen LogP contribution < -0.4 is 15.8 Å². The molecule has 1 unspecified atom stereocenters. The van der Waals surface area contributed by atoms with Gasteiger partial charge in [0, 0.05) is 18.3 Å². The number of benzene rings is 1. The Kier molecular flexibility index (Phi) is 4.67. The Morgan fingerprint density at radius 3 is 2.67 bits per heavy atom. The van der Waals surface area contributed by atoms with E-state index >= 15 is 0 Å². The monoisotopic (exact) mass is 254 g/mol. The van der Waals surface area contributed by atoms with Crippen LogP contribution in [0.15, 0.2) is 18.2 Å². The van der Waals surface area contributed by atoms with E-state index in [1.807, 2.05) is 6.92 Å². The maximum atomic E-state index is 13.5. The smallest absolute Gasteiger partial charge is 0.231 e. The molecule has 1 aromatic carbocycles. The molecule has 0 aliphatic carbocycles. The van der Waals surface area contributed by atoms with Crippen LogP contribution in [-0.2, 0) is 4.79 Å². The third kappa shape index (κ3) is 2.98. The average molecular weight is 254 g/mol. The Morgan fingerprint density at radius 1 is 1.56 bits per heavy atom. The van der Waals surface area contributed by atoms with Crippen molar-refractivity contribution >= 4 is 11.6 Å². The van der Waals surface area contributed by atoms with Crippen LogP contribution >= 0.6 is 0 Å². The molecule has 0 spiro atoms. The van der Waals surface area contributed by atoms with Crippen LogP contribution in [0.25, 0.3) is 0 Å². The first kappa shape index (κ1) is 14.4. The fourth-order valence-electron chi connectivity index (χ4n) is 1.42. The third-order valence-electron chi connectivity index (χ3n) is 3.19. The van der Waals surface area contributed by atoms with Crippen molar-refractivity contribution in [3.05, 3.63) is 24.0 Å². The standard InChI is InChI=1S/C13H19FN2O2/c1-4-13(2,8-15)12(17)16-9-5-6-11(18-3)10(14)7-9/h5-7H,4,8,15H2,1-3H3,(H,16,17). The number of hydrogen-bond acceptors (Lipinski definition) is 3. The van der Waals surface area contributed by atoms with Crippen molar-refractivity contribution in [2.75, 3.05) is 19.0 Å². The van der Waals surface area contributed by atoms with Gasteiger partial charge in [-0.1, -0.05) is 6.92 Å². The first-order chi connectivity index (χ1) is 8.46. The first-order valence-corrected chi connectivity index (χ1v) is 5.82. The number of anilines is 1. The van der Waals surface area contributed by atoms with E-state index in [0.29, 0.717) is 12.1 Å². The summed E-state index contributed by atoms with van der Waals surface area (Å²) in [5, 5.41) is 2.66. The zero-order chi connectivity index (χ0) is 13.8. The van der Waals surface area contributed by atoms with E-state index in [9.17, 15) is 9.18 Å². The number of amides is 1. The van der Waals surface area contributed by atoms with Crippen LogP contribution in [-0.4, -0.2) is 19.6 Å². The van der Waals surface area contributed by atoms with E-state index < -0.39 is 11.2 Å². The molecular weight excluding hydrogens is 235 g/mol. The molecule has 0 aromatic heterocycles. The van der Waals surface area contributed by atoms with Crippen molar-refractivity contribution in [1.82, 2.24) is 0 Å². The second kappa shape index (κ2) is 5.82. The van der Waals surface area contributed by atoms with E-state index in [-0.39, 0.29) is 18.2 Å². The molecule has 3 N–H and O–H groups in total. The maximum absolute atomic E-state index is 13.5.